The van der Waals surface area contributed by atoms with Crippen molar-refractivity contribution in [2.24, 2.45) is 0 Å². The van der Waals surface area contributed by atoms with Crippen molar-refractivity contribution in [2.45, 2.75) is 50.8 Å². The number of amides is 1. The van der Waals surface area contributed by atoms with Crippen molar-refractivity contribution in [1.29, 1.82) is 0 Å². The minimum absolute atomic E-state index is 0.0679. The average molecular weight is 316 g/mol. The van der Waals surface area contributed by atoms with Crippen LogP contribution in [0.4, 0.5) is 0 Å². The maximum Gasteiger partial charge on any atom is 0.317 e. The number of hydrogen-bond donors (Lipinski definition) is 1. The number of carbonyl (C=O) groups excluding carboxylic acids is 1. The Hall–Kier alpha value is -0.750. The first kappa shape index (κ1) is 18.3. The minimum atomic E-state index is -0.795. The third-order valence-corrected chi connectivity index (χ3v) is 4.94. The van der Waals surface area contributed by atoms with E-state index < -0.39 is 5.97 Å². The summed E-state index contributed by atoms with van der Waals surface area (Å²) in [6.07, 6.45) is 2.76. The number of likely N-dealkylation sites (N-methyl/N-ethyl adjacent to an activating group) is 1. The highest BCUT2D eigenvalue weighted by molar-refractivity contribution is 8.01. The van der Waals surface area contributed by atoms with Crippen LogP contribution >= 0.6 is 11.8 Å². The highest BCUT2D eigenvalue weighted by Crippen LogP contribution is 2.24. The van der Waals surface area contributed by atoms with E-state index in [1.54, 1.807) is 11.8 Å². The number of nitrogens with zero attached hydrogens (tertiary/aromatic N) is 2. The zero-order chi connectivity index (χ0) is 16.0. The summed E-state index contributed by atoms with van der Waals surface area (Å²) in [5, 5.41) is 8.86. The monoisotopic (exact) mass is 316 g/mol. The Bertz CT molecular complexity index is 368. The Balaban J connectivity index is 2.44. The molecule has 1 aliphatic rings. The number of carboxylic acids is 1. The van der Waals surface area contributed by atoms with E-state index in [1.165, 1.54) is 0 Å². The Morgan fingerprint density at radius 2 is 1.95 bits per heavy atom. The van der Waals surface area contributed by atoms with Gasteiger partial charge in [-0.05, 0) is 26.3 Å². The molecule has 6 heteroatoms. The fraction of sp³-hybridized carbons (Fsp3) is 0.867. The van der Waals surface area contributed by atoms with Gasteiger partial charge >= 0.3 is 5.97 Å². The van der Waals surface area contributed by atoms with Crippen molar-refractivity contribution in [2.75, 3.05) is 32.4 Å². The largest absolute Gasteiger partial charge is 0.480 e. The molecule has 1 fully saturated rings. The van der Waals surface area contributed by atoms with Gasteiger partial charge in [0.2, 0.25) is 5.91 Å². The van der Waals surface area contributed by atoms with Crippen molar-refractivity contribution in [1.82, 2.24) is 9.80 Å². The maximum absolute atomic E-state index is 12.2. The molecule has 0 aromatic carbocycles. The quantitative estimate of drug-likeness (QED) is 0.839. The first-order valence-electron chi connectivity index (χ1n) is 7.53. The van der Waals surface area contributed by atoms with E-state index in [4.69, 9.17) is 5.11 Å². The minimum Gasteiger partial charge on any atom is -0.480 e. The van der Waals surface area contributed by atoms with Gasteiger partial charge in [-0.1, -0.05) is 20.8 Å². The zero-order valence-electron chi connectivity index (χ0n) is 13.6. The van der Waals surface area contributed by atoms with Crippen LogP contribution in [0.3, 0.4) is 0 Å². The fourth-order valence-electron chi connectivity index (χ4n) is 2.48. The van der Waals surface area contributed by atoms with E-state index in [0.717, 1.165) is 32.4 Å². The van der Waals surface area contributed by atoms with Crippen molar-refractivity contribution >= 4 is 23.6 Å². The molecule has 0 aromatic heterocycles. The van der Waals surface area contributed by atoms with E-state index in [9.17, 15) is 9.59 Å². The summed E-state index contributed by atoms with van der Waals surface area (Å²) in [7, 11) is 1.85. The van der Waals surface area contributed by atoms with E-state index in [-0.39, 0.29) is 23.2 Å². The van der Waals surface area contributed by atoms with Gasteiger partial charge in [-0.25, -0.2) is 0 Å². The summed E-state index contributed by atoms with van der Waals surface area (Å²) in [4.78, 5) is 26.9. The van der Waals surface area contributed by atoms with Crippen LogP contribution in [-0.4, -0.2) is 70.0 Å². The lowest BCUT2D eigenvalue weighted by molar-refractivity contribution is -0.138. The number of hydrogen-bond acceptors (Lipinski definition) is 4. The summed E-state index contributed by atoms with van der Waals surface area (Å²) < 4.78 is 0.103. The SMILES string of the molecule is CN(CC(=O)O)C1CCCN(C(=O)CSC(C)(C)C)CC1. The van der Waals surface area contributed by atoms with Gasteiger partial charge in [0.15, 0.2) is 0 Å². The zero-order valence-corrected chi connectivity index (χ0v) is 14.4. The van der Waals surface area contributed by atoms with Gasteiger partial charge < -0.3 is 10.0 Å². The molecule has 5 nitrogen and oxygen atoms in total. The summed E-state index contributed by atoms with van der Waals surface area (Å²) in [6, 6.07) is 0.258. The standard InChI is InChI=1S/C15H28N2O3S/c1-15(2,3)21-11-13(18)17-8-5-6-12(7-9-17)16(4)10-14(19)20/h12H,5-11H2,1-4H3,(H,19,20). The van der Waals surface area contributed by atoms with Crippen LogP contribution in [0.25, 0.3) is 0 Å². The van der Waals surface area contributed by atoms with Crippen LogP contribution in [0.2, 0.25) is 0 Å². The van der Waals surface area contributed by atoms with E-state index in [2.05, 4.69) is 20.8 Å². The molecule has 1 unspecified atom stereocenters. The van der Waals surface area contributed by atoms with Gasteiger partial charge in [0.1, 0.15) is 0 Å². The molecule has 1 aliphatic heterocycles. The molecule has 122 valence electrons. The third-order valence-electron chi connectivity index (χ3n) is 3.69. The van der Waals surface area contributed by atoms with E-state index in [0.29, 0.717) is 5.75 Å². The van der Waals surface area contributed by atoms with Crippen LogP contribution < -0.4 is 0 Å². The fourth-order valence-corrected chi connectivity index (χ4v) is 3.22. The summed E-state index contributed by atoms with van der Waals surface area (Å²) in [5.74, 6) is -0.0632. The van der Waals surface area contributed by atoms with E-state index in [1.807, 2.05) is 16.8 Å². The molecule has 1 heterocycles. The molecule has 1 atom stereocenters. The lowest BCUT2D eigenvalue weighted by Crippen LogP contribution is -2.38. The Morgan fingerprint density at radius 1 is 1.29 bits per heavy atom. The summed E-state index contributed by atoms with van der Waals surface area (Å²) in [5.41, 5.74) is 0. The van der Waals surface area contributed by atoms with Crippen LogP contribution in [0, 0.1) is 0 Å². The van der Waals surface area contributed by atoms with Crippen molar-refractivity contribution in [3.8, 4) is 0 Å². The highest BCUT2D eigenvalue weighted by Gasteiger charge is 2.24. The first-order valence-corrected chi connectivity index (χ1v) is 8.51. The third kappa shape index (κ3) is 7.18. The lowest BCUT2D eigenvalue weighted by atomic mass is 10.1. The molecular weight excluding hydrogens is 288 g/mol. The summed E-state index contributed by atoms with van der Waals surface area (Å²) in [6.45, 7) is 7.94. The van der Waals surface area contributed by atoms with Gasteiger partial charge in [-0.15, -0.1) is 11.8 Å². The van der Waals surface area contributed by atoms with Gasteiger partial charge in [0.05, 0.1) is 12.3 Å². The van der Waals surface area contributed by atoms with E-state index >= 15 is 0 Å². The number of thioether (sulfide) groups is 1. The number of aliphatic carboxylic acids is 1. The van der Waals surface area contributed by atoms with Crippen molar-refractivity contribution in [3.05, 3.63) is 0 Å². The van der Waals surface area contributed by atoms with Crippen LogP contribution in [0.5, 0.6) is 0 Å². The highest BCUT2D eigenvalue weighted by atomic mass is 32.2. The maximum atomic E-state index is 12.2. The second kappa shape index (κ2) is 8.03. The predicted molar refractivity (Wildman–Crippen MR) is 86.7 cm³/mol. The van der Waals surface area contributed by atoms with Gasteiger partial charge in [-0.2, -0.15) is 0 Å². The topological polar surface area (TPSA) is 60.9 Å². The second-order valence-corrected chi connectivity index (χ2v) is 8.48. The van der Waals surface area contributed by atoms with Crippen LogP contribution in [-0.2, 0) is 9.59 Å². The number of likely N-dealkylation sites (tertiary alicyclic amines) is 1. The van der Waals surface area contributed by atoms with Crippen molar-refractivity contribution < 1.29 is 14.7 Å². The molecule has 1 rings (SSSR count). The lowest BCUT2D eigenvalue weighted by Gasteiger charge is -2.26. The Kier molecular flexibility index (Phi) is 7.00. The molecule has 21 heavy (non-hydrogen) atoms. The Labute approximate surface area is 132 Å². The predicted octanol–water partition coefficient (Wildman–Crippen LogP) is 1.92. The molecule has 1 saturated heterocycles. The first-order chi connectivity index (χ1) is 9.69. The number of carbonyl (C=O) groups is 2. The summed E-state index contributed by atoms with van der Waals surface area (Å²) >= 11 is 1.68. The van der Waals surface area contributed by atoms with Crippen LogP contribution in [0.15, 0.2) is 0 Å². The normalized spacial score (nSPS) is 20.4. The molecule has 0 aliphatic carbocycles. The van der Waals surface area contributed by atoms with Gasteiger partial charge in [0, 0.05) is 23.9 Å². The number of carboxylic acid groups (broad SMARTS) is 1. The molecule has 0 spiro atoms. The average Bonchev–Trinajstić information content (AvgIpc) is 2.60. The molecule has 1 amide bonds. The molecule has 0 saturated carbocycles. The Morgan fingerprint density at radius 3 is 2.52 bits per heavy atom. The van der Waals surface area contributed by atoms with Gasteiger partial charge in [0.25, 0.3) is 0 Å². The molecule has 0 aromatic rings. The smallest absolute Gasteiger partial charge is 0.317 e. The van der Waals surface area contributed by atoms with Gasteiger partial charge in [-0.3, -0.25) is 14.5 Å². The molecule has 0 radical (unpaired) electrons. The number of rotatable bonds is 5. The molecule has 0 bridgehead atoms. The molecular formula is C15H28N2O3S. The second-order valence-electron chi connectivity index (χ2n) is 6.68. The molecule has 1 N–H and O–H groups in total. The van der Waals surface area contributed by atoms with Crippen LogP contribution in [0.1, 0.15) is 40.0 Å². The van der Waals surface area contributed by atoms with Crippen molar-refractivity contribution in [3.63, 3.8) is 0 Å².